The van der Waals surface area contributed by atoms with Crippen LogP contribution in [0.1, 0.15) is 16.7 Å². The van der Waals surface area contributed by atoms with E-state index in [1.807, 2.05) is 23.0 Å². The fourth-order valence-corrected chi connectivity index (χ4v) is 2.50. The highest BCUT2D eigenvalue weighted by molar-refractivity contribution is 6.30. The van der Waals surface area contributed by atoms with Gasteiger partial charge in [0, 0.05) is 35.3 Å². The van der Waals surface area contributed by atoms with Gasteiger partial charge < -0.3 is 10.5 Å². The van der Waals surface area contributed by atoms with Gasteiger partial charge in [-0.1, -0.05) is 11.6 Å². The van der Waals surface area contributed by atoms with Crippen molar-refractivity contribution in [2.45, 2.75) is 19.5 Å². The molecule has 0 unspecified atom stereocenters. The Morgan fingerprint density at radius 2 is 2.33 bits per heavy atom. The lowest BCUT2D eigenvalue weighted by Gasteiger charge is -2.09. The van der Waals surface area contributed by atoms with Gasteiger partial charge in [-0.05, 0) is 17.7 Å². The number of fused-ring (bicyclic) bond motifs is 1. The van der Waals surface area contributed by atoms with Crippen LogP contribution in [0, 0.1) is 0 Å². The first kappa shape index (κ1) is 11.6. The van der Waals surface area contributed by atoms with E-state index in [2.05, 4.69) is 5.10 Å². The van der Waals surface area contributed by atoms with Gasteiger partial charge in [0.2, 0.25) is 0 Å². The molecule has 4 nitrogen and oxygen atoms in total. The molecule has 2 aromatic rings. The van der Waals surface area contributed by atoms with E-state index in [0.29, 0.717) is 13.1 Å². The van der Waals surface area contributed by atoms with E-state index < -0.39 is 0 Å². The second kappa shape index (κ2) is 4.63. The first-order chi connectivity index (χ1) is 8.76. The smallest absolute Gasteiger partial charge is 0.127 e. The third kappa shape index (κ3) is 2.09. The molecule has 1 aliphatic rings. The Balaban J connectivity index is 1.92. The largest absolute Gasteiger partial charge is 0.493 e. The summed E-state index contributed by atoms with van der Waals surface area (Å²) in [6, 6.07) is 3.91. The Hall–Kier alpha value is -1.52. The number of benzene rings is 1. The SMILES string of the molecule is NCc1cnn(Cc2cc(Cl)cc3c2OCC3)c1. The molecule has 1 aromatic heterocycles. The average molecular weight is 264 g/mol. The molecule has 94 valence electrons. The molecular weight excluding hydrogens is 250 g/mol. The standard InChI is InChI=1S/C13H14ClN3O/c14-12-3-10-1-2-18-13(10)11(4-12)8-17-7-9(5-15)6-16-17/h3-4,6-7H,1-2,5,8,15H2. The van der Waals surface area contributed by atoms with Crippen LogP contribution in [0.3, 0.4) is 0 Å². The van der Waals surface area contributed by atoms with Crippen LogP contribution in [-0.4, -0.2) is 16.4 Å². The van der Waals surface area contributed by atoms with Crippen LogP contribution in [-0.2, 0) is 19.5 Å². The summed E-state index contributed by atoms with van der Waals surface area (Å²) in [4.78, 5) is 0. The van der Waals surface area contributed by atoms with Gasteiger partial charge in [0.25, 0.3) is 0 Å². The lowest BCUT2D eigenvalue weighted by molar-refractivity contribution is 0.352. The van der Waals surface area contributed by atoms with E-state index >= 15 is 0 Å². The van der Waals surface area contributed by atoms with E-state index in [9.17, 15) is 0 Å². The fourth-order valence-electron chi connectivity index (χ4n) is 2.24. The van der Waals surface area contributed by atoms with Crippen molar-refractivity contribution in [1.29, 1.82) is 0 Å². The molecule has 0 radical (unpaired) electrons. The number of rotatable bonds is 3. The highest BCUT2D eigenvalue weighted by Gasteiger charge is 2.17. The molecule has 2 N–H and O–H groups in total. The molecule has 0 fully saturated rings. The van der Waals surface area contributed by atoms with Gasteiger partial charge >= 0.3 is 0 Å². The van der Waals surface area contributed by atoms with Crippen molar-refractivity contribution in [1.82, 2.24) is 9.78 Å². The maximum atomic E-state index is 6.12. The molecule has 5 heteroatoms. The summed E-state index contributed by atoms with van der Waals surface area (Å²) in [6.45, 7) is 1.89. The summed E-state index contributed by atoms with van der Waals surface area (Å²) >= 11 is 6.12. The van der Waals surface area contributed by atoms with Gasteiger partial charge in [-0.2, -0.15) is 5.10 Å². The number of hydrogen-bond acceptors (Lipinski definition) is 3. The van der Waals surface area contributed by atoms with E-state index in [1.54, 1.807) is 6.20 Å². The summed E-state index contributed by atoms with van der Waals surface area (Å²) in [6.07, 6.45) is 4.66. The van der Waals surface area contributed by atoms with Crippen molar-refractivity contribution in [2.75, 3.05) is 6.61 Å². The molecule has 0 spiro atoms. The number of nitrogens with two attached hydrogens (primary N) is 1. The molecule has 0 atom stereocenters. The molecule has 0 saturated heterocycles. The Morgan fingerprint density at radius 3 is 3.11 bits per heavy atom. The second-order valence-electron chi connectivity index (χ2n) is 4.40. The molecular formula is C13H14ClN3O. The summed E-state index contributed by atoms with van der Waals surface area (Å²) in [5.74, 6) is 0.962. The number of halogens is 1. The van der Waals surface area contributed by atoms with Crippen LogP contribution >= 0.6 is 11.6 Å². The van der Waals surface area contributed by atoms with Gasteiger partial charge in [0.15, 0.2) is 0 Å². The van der Waals surface area contributed by atoms with Gasteiger partial charge in [-0.3, -0.25) is 4.68 Å². The lowest BCUT2D eigenvalue weighted by atomic mass is 10.1. The molecule has 0 aliphatic carbocycles. The normalized spacial score (nSPS) is 13.4. The Kier molecular flexibility index (Phi) is 2.97. The first-order valence-electron chi connectivity index (χ1n) is 5.92. The molecule has 3 rings (SSSR count). The Bertz CT molecular complexity index is 580. The predicted molar refractivity (Wildman–Crippen MR) is 69.9 cm³/mol. The summed E-state index contributed by atoms with van der Waals surface area (Å²) in [7, 11) is 0. The van der Waals surface area contributed by atoms with Crippen LogP contribution in [0.15, 0.2) is 24.5 Å². The molecule has 0 amide bonds. The fraction of sp³-hybridized carbons (Fsp3) is 0.308. The van der Waals surface area contributed by atoms with Crippen molar-refractivity contribution >= 4 is 11.6 Å². The number of hydrogen-bond donors (Lipinski definition) is 1. The lowest BCUT2D eigenvalue weighted by Crippen LogP contribution is -2.02. The van der Waals surface area contributed by atoms with Gasteiger partial charge in [-0.25, -0.2) is 0 Å². The zero-order chi connectivity index (χ0) is 12.5. The first-order valence-corrected chi connectivity index (χ1v) is 6.29. The third-order valence-corrected chi connectivity index (χ3v) is 3.30. The van der Waals surface area contributed by atoms with Crippen LogP contribution in [0.5, 0.6) is 5.75 Å². The van der Waals surface area contributed by atoms with E-state index in [-0.39, 0.29) is 0 Å². The maximum absolute atomic E-state index is 6.12. The third-order valence-electron chi connectivity index (χ3n) is 3.08. The quantitative estimate of drug-likeness (QED) is 0.921. The van der Waals surface area contributed by atoms with E-state index in [4.69, 9.17) is 22.1 Å². The van der Waals surface area contributed by atoms with Crippen LogP contribution in [0.2, 0.25) is 5.02 Å². The van der Waals surface area contributed by atoms with Crippen molar-refractivity contribution in [3.8, 4) is 5.75 Å². The number of ether oxygens (including phenoxy) is 1. The van der Waals surface area contributed by atoms with Gasteiger partial charge in [0.05, 0.1) is 19.3 Å². The van der Waals surface area contributed by atoms with Crippen LogP contribution < -0.4 is 10.5 Å². The van der Waals surface area contributed by atoms with Crippen molar-refractivity contribution < 1.29 is 4.74 Å². The van der Waals surface area contributed by atoms with E-state index in [1.165, 1.54) is 5.56 Å². The van der Waals surface area contributed by atoms with Gasteiger partial charge in [0.1, 0.15) is 5.75 Å². The van der Waals surface area contributed by atoms with Crippen LogP contribution in [0.25, 0.3) is 0 Å². The van der Waals surface area contributed by atoms with Crippen LogP contribution in [0.4, 0.5) is 0 Å². The predicted octanol–water partition coefficient (Wildman–Crippen LogP) is 1.98. The zero-order valence-electron chi connectivity index (χ0n) is 9.90. The monoisotopic (exact) mass is 263 g/mol. The highest BCUT2D eigenvalue weighted by Crippen LogP contribution is 2.33. The summed E-state index contributed by atoms with van der Waals surface area (Å²) in [5, 5.41) is 5.03. The minimum absolute atomic E-state index is 0.504. The minimum atomic E-state index is 0.504. The molecule has 1 aromatic carbocycles. The van der Waals surface area contributed by atoms with Crippen molar-refractivity contribution in [3.05, 3.63) is 46.2 Å². The molecule has 0 saturated carbocycles. The molecule has 18 heavy (non-hydrogen) atoms. The van der Waals surface area contributed by atoms with Gasteiger partial charge in [-0.15, -0.1) is 0 Å². The Morgan fingerprint density at radius 1 is 1.44 bits per heavy atom. The minimum Gasteiger partial charge on any atom is -0.493 e. The topological polar surface area (TPSA) is 53.1 Å². The summed E-state index contributed by atoms with van der Waals surface area (Å²) in [5.41, 5.74) is 8.85. The number of nitrogens with zero attached hydrogens (tertiary/aromatic N) is 2. The number of aromatic nitrogens is 2. The van der Waals surface area contributed by atoms with E-state index in [0.717, 1.165) is 34.9 Å². The molecule has 0 bridgehead atoms. The highest BCUT2D eigenvalue weighted by atomic mass is 35.5. The second-order valence-corrected chi connectivity index (χ2v) is 4.84. The Labute approximate surface area is 110 Å². The van der Waals surface area contributed by atoms with Crippen molar-refractivity contribution in [3.63, 3.8) is 0 Å². The summed E-state index contributed by atoms with van der Waals surface area (Å²) < 4.78 is 7.52. The van der Waals surface area contributed by atoms with Crippen molar-refractivity contribution in [2.24, 2.45) is 5.73 Å². The zero-order valence-corrected chi connectivity index (χ0v) is 10.7. The average Bonchev–Trinajstić information content (AvgIpc) is 2.97. The maximum Gasteiger partial charge on any atom is 0.127 e. The molecule has 1 aliphatic heterocycles. The molecule has 2 heterocycles.